The highest BCUT2D eigenvalue weighted by atomic mass is 16.1. The van der Waals surface area contributed by atoms with Crippen LogP contribution in [-0.2, 0) is 6.42 Å². The number of hydrogen-bond donors (Lipinski definition) is 4. The van der Waals surface area contributed by atoms with Gasteiger partial charge in [0, 0.05) is 50.0 Å². The predicted octanol–water partition coefficient (Wildman–Crippen LogP) is 5.46. The van der Waals surface area contributed by atoms with Crippen molar-refractivity contribution in [1.82, 2.24) is 20.6 Å². The van der Waals surface area contributed by atoms with Crippen molar-refractivity contribution in [3.05, 3.63) is 70.5 Å². The molecule has 1 amide bonds. The van der Waals surface area contributed by atoms with E-state index in [0.717, 1.165) is 36.1 Å². The van der Waals surface area contributed by atoms with E-state index in [-0.39, 0.29) is 17.7 Å². The highest BCUT2D eigenvalue weighted by Gasteiger charge is 2.14. The minimum atomic E-state index is -0.182. The molecule has 40 heavy (non-hydrogen) atoms. The Bertz CT molecular complexity index is 1340. The molecule has 1 aromatic heterocycles. The van der Waals surface area contributed by atoms with E-state index >= 15 is 0 Å². The summed E-state index contributed by atoms with van der Waals surface area (Å²) in [4.78, 5) is 33.9. The van der Waals surface area contributed by atoms with Crippen LogP contribution in [0.4, 0.5) is 23.0 Å². The molecule has 0 saturated carbocycles. The van der Waals surface area contributed by atoms with Gasteiger partial charge in [-0.2, -0.15) is 10.2 Å². The van der Waals surface area contributed by atoms with Crippen LogP contribution in [0.15, 0.2) is 52.8 Å². The molecule has 10 heteroatoms. The van der Waals surface area contributed by atoms with Crippen LogP contribution in [0.1, 0.15) is 70.6 Å². The lowest BCUT2D eigenvalue weighted by molar-refractivity contribution is 0.0951. The van der Waals surface area contributed by atoms with E-state index in [1.807, 2.05) is 26.0 Å². The molecular formula is C30H40N8O2. The normalized spacial score (nSPS) is 11.9. The van der Waals surface area contributed by atoms with Crippen LogP contribution in [-0.4, -0.2) is 47.8 Å². The molecule has 0 aliphatic carbocycles. The van der Waals surface area contributed by atoms with Crippen LogP contribution in [0.5, 0.6) is 0 Å². The Hall–Kier alpha value is -4.18. The zero-order valence-electron chi connectivity index (χ0n) is 24.0. The lowest BCUT2D eigenvalue weighted by Gasteiger charge is -2.19. The van der Waals surface area contributed by atoms with Crippen LogP contribution in [0.25, 0.3) is 0 Å². The third-order valence-electron chi connectivity index (χ3n) is 6.44. The number of nitrogens with zero attached hydrogens (tertiary/aromatic N) is 4. The molecule has 3 aromatic rings. The van der Waals surface area contributed by atoms with Crippen molar-refractivity contribution in [2.24, 2.45) is 10.2 Å². The lowest BCUT2D eigenvalue weighted by atomic mass is 10.1. The second-order valence-corrected chi connectivity index (χ2v) is 9.92. The Morgan fingerprint density at radius 3 is 2.48 bits per heavy atom. The van der Waals surface area contributed by atoms with Crippen LogP contribution < -0.4 is 21.7 Å². The fraction of sp³-hybridized carbons (Fsp3) is 0.400. The molecule has 0 saturated heterocycles. The number of benzene rings is 2. The molecule has 1 unspecified atom stereocenters. The number of nitrogen functional groups attached to an aromatic ring is 1. The van der Waals surface area contributed by atoms with E-state index in [9.17, 15) is 9.59 Å². The van der Waals surface area contributed by atoms with Gasteiger partial charge in [-0.1, -0.05) is 19.4 Å². The number of aromatic nitrogens is 2. The fourth-order valence-corrected chi connectivity index (χ4v) is 4.57. The van der Waals surface area contributed by atoms with Gasteiger partial charge in [-0.3, -0.25) is 9.59 Å². The number of Topliss-reactive ketones (excluding diaryl/α,β-unsaturated/α-hetero) is 1. The van der Waals surface area contributed by atoms with Gasteiger partial charge in [0.25, 0.3) is 5.91 Å². The topological polar surface area (TPSA) is 147 Å². The molecule has 0 aliphatic heterocycles. The Morgan fingerprint density at radius 2 is 1.80 bits per heavy atom. The first-order chi connectivity index (χ1) is 19.2. The highest BCUT2D eigenvalue weighted by Crippen LogP contribution is 2.23. The van der Waals surface area contributed by atoms with Crippen molar-refractivity contribution < 1.29 is 9.59 Å². The number of aryl methyl sites for hydroxylation is 2. The third kappa shape index (κ3) is 8.94. The zero-order chi connectivity index (χ0) is 29.1. The lowest BCUT2D eigenvalue weighted by Crippen LogP contribution is -2.35. The average molecular weight is 545 g/mol. The van der Waals surface area contributed by atoms with Gasteiger partial charge in [-0.05, 0) is 75.1 Å². The summed E-state index contributed by atoms with van der Waals surface area (Å²) in [7, 11) is 1.56. The molecule has 10 nitrogen and oxygen atoms in total. The number of nitrogens with one attached hydrogen (secondary N) is 3. The molecule has 0 spiro atoms. The van der Waals surface area contributed by atoms with Gasteiger partial charge >= 0.3 is 0 Å². The maximum absolute atomic E-state index is 12.7. The summed E-state index contributed by atoms with van der Waals surface area (Å²) in [5, 5.41) is 17.5. The standard InChI is InChI=1S/C30H40N8O2/c1-6-7-23(10-12-34-29(40)22-8-9-26(31)28(17-22)38-32-5)33-13-11-27-25(21(4)39)18-35-30(37-27)36-24-15-19(2)14-20(3)16-24/h8-9,14-18,23,33H,6-7,10-13,31H2,1-5H3,(H,34,40)(H,35,36,37). The van der Waals surface area contributed by atoms with Gasteiger partial charge < -0.3 is 21.7 Å². The van der Waals surface area contributed by atoms with Crippen molar-refractivity contribution in [2.45, 2.75) is 59.4 Å². The van der Waals surface area contributed by atoms with Crippen molar-refractivity contribution in [3.63, 3.8) is 0 Å². The minimum absolute atomic E-state index is 0.0630. The summed E-state index contributed by atoms with van der Waals surface area (Å²) in [6, 6.07) is 11.4. The van der Waals surface area contributed by atoms with Crippen LogP contribution in [0.2, 0.25) is 0 Å². The first-order valence-electron chi connectivity index (χ1n) is 13.6. The number of ketones is 1. The molecule has 0 fully saturated rings. The summed E-state index contributed by atoms with van der Waals surface area (Å²) >= 11 is 0. The molecule has 1 heterocycles. The molecule has 0 bridgehead atoms. The van der Waals surface area contributed by atoms with Gasteiger partial charge in [-0.15, -0.1) is 0 Å². The van der Waals surface area contributed by atoms with Gasteiger partial charge in [0.1, 0.15) is 5.69 Å². The Kier molecular flexibility index (Phi) is 11.3. The van der Waals surface area contributed by atoms with E-state index in [4.69, 9.17) is 5.73 Å². The number of nitrogens with two attached hydrogens (primary N) is 1. The molecule has 5 N–H and O–H groups in total. The molecule has 2 aromatic carbocycles. The Balaban J connectivity index is 1.58. The molecular weight excluding hydrogens is 504 g/mol. The predicted molar refractivity (Wildman–Crippen MR) is 160 cm³/mol. The third-order valence-corrected chi connectivity index (χ3v) is 6.44. The summed E-state index contributed by atoms with van der Waals surface area (Å²) in [6.45, 7) is 8.91. The smallest absolute Gasteiger partial charge is 0.251 e. The summed E-state index contributed by atoms with van der Waals surface area (Å²) < 4.78 is 0. The van der Waals surface area contributed by atoms with E-state index in [0.29, 0.717) is 53.7 Å². The van der Waals surface area contributed by atoms with Crippen molar-refractivity contribution >= 4 is 34.7 Å². The molecule has 0 aliphatic rings. The van der Waals surface area contributed by atoms with E-state index in [1.165, 1.54) is 6.92 Å². The van der Waals surface area contributed by atoms with Gasteiger partial charge in [0.15, 0.2) is 5.78 Å². The van der Waals surface area contributed by atoms with E-state index in [2.05, 4.69) is 49.1 Å². The fourth-order valence-electron chi connectivity index (χ4n) is 4.57. The van der Waals surface area contributed by atoms with E-state index < -0.39 is 0 Å². The SMILES string of the molecule is CCCC(CCNC(=O)c1ccc(N)c(N=NC)c1)NCCc1nc(Nc2cc(C)cc(C)c2)ncc1C(C)=O. The maximum Gasteiger partial charge on any atom is 0.251 e. The number of amides is 1. The van der Waals surface area contributed by atoms with Gasteiger partial charge in [0.2, 0.25) is 5.95 Å². The molecule has 1 atom stereocenters. The maximum atomic E-state index is 12.7. The monoisotopic (exact) mass is 544 g/mol. The summed E-state index contributed by atoms with van der Waals surface area (Å²) in [5.41, 5.74) is 11.8. The van der Waals surface area contributed by atoms with Gasteiger partial charge in [-0.25, -0.2) is 9.97 Å². The molecule has 0 radical (unpaired) electrons. The second kappa shape index (κ2) is 14.8. The number of carbonyl (C=O) groups is 2. The van der Waals surface area contributed by atoms with Gasteiger partial charge in [0.05, 0.1) is 16.9 Å². The largest absolute Gasteiger partial charge is 0.397 e. The number of azo groups is 1. The quantitative estimate of drug-likeness (QED) is 0.120. The highest BCUT2D eigenvalue weighted by molar-refractivity contribution is 5.96. The summed E-state index contributed by atoms with van der Waals surface area (Å²) in [5.74, 6) is 0.217. The second-order valence-electron chi connectivity index (χ2n) is 9.92. The number of anilines is 3. The average Bonchev–Trinajstić information content (AvgIpc) is 2.89. The van der Waals surface area contributed by atoms with Crippen LogP contribution >= 0.6 is 0 Å². The Labute approximate surface area is 236 Å². The Morgan fingerprint density at radius 1 is 1.05 bits per heavy atom. The summed E-state index contributed by atoms with van der Waals surface area (Å²) in [6.07, 6.45) is 4.90. The van der Waals surface area contributed by atoms with Crippen LogP contribution in [0, 0.1) is 13.8 Å². The molecule has 212 valence electrons. The van der Waals surface area contributed by atoms with Crippen molar-refractivity contribution in [1.29, 1.82) is 0 Å². The number of hydrogen-bond acceptors (Lipinski definition) is 9. The van der Waals surface area contributed by atoms with Crippen molar-refractivity contribution in [2.75, 3.05) is 31.2 Å². The number of carbonyl (C=O) groups excluding carboxylic acids is 2. The molecule has 3 rings (SSSR count). The number of rotatable bonds is 14. The zero-order valence-corrected chi connectivity index (χ0v) is 24.0. The minimum Gasteiger partial charge on any atom is -0.397 e. The van der Waals surface area contributed by atoms with Crippen molar-refractivity contribution in [3.8, 4) is 0 Å². The van der Waals surface area contributed by atoms with E-state index in [1.54, 1.807) is 31.4 Å². The first-order valence-corrected chi connectivity index (χ1v) is 13.6. The van der Waals surface area contributed by atoms with Crippen LogP contribution in [0.3, 0.4) is 0 Å². The first kappa shape index (κ1) is 30.4.